The number of carbonyl (C=O) groups is 1. The molecular formula is C17H18F3N3O4S. The number of para-hydroxylation sites is 1. The number of amides is 1. The summed E-state index contributed by atoms with van der Waals surface area (Å²) in [6, 6.07) is 5.62. The molecule has 0 saturated heterocycles. The summed E-state index contributed by atoms with van der Waals surface area (Å²) in [5.41, 5.74) is -2.62. The van der Waals surface area contributed by atoms with Gasteiger partial charge >= 0.3 is 6.18 Å². The highest BCUT2D eigenvalue weighted by molar-refractivity contribution is 7.91. The SMILES string of the molecule is CCS(=O)(=O)CCNC(=O)c1nn(-c2ccccc2C(F)(F)F)c(C)cc1=O. The van der Waals surface area contributed by atoms with Crippen molar-refractivity contribution in [2.24, 2.45) is 0 Å². The minimum atomic E-state index is -4.66. The molecule has 0 atom stereocenters. The molecule has 2 rings (SSSR count). The van der Waals surface area contributed by atoms with Gasteiger partial charge in [-0.3, -0.25) is 9.59 Å². The largest absolute Gasteiger partial charge is 0.418 e. The van der Waals surface area contributed by atoms with Crippen molar-refractivity contribution in [3.63, 3.8) is 0 Å². The highest BCUT2D eigenvalue weighted by Gasteiger charge is 2.34. The summed E-state index contributed by atoms with van der Waals surface area (Å²) >= 11 is 0. The van der Waals surface area contributed by atoms with E-state index in [1.807, 2.05) is 0 Å². The number of hydrogen-bond donors (Lipinski definition) is 1. The van der Waals surface area contributed by atoms with Crippen molar-refractivity contribution in [3.8, 4) is 5.69 Å². The number of nitrogens with one attached hydrogen (secondary N) is 1. The number of carbonyl (C=O) groups excluding carboxylic acids is 1. The predicted molar refractivity (Wildman–Crippen MR) is 96.2 cm³/mol. The third kappa shape index (κ3) is 4.97. The Morgan fingerprint density at radius 1 is 1.25 bits per heavy atom. The zero-order valence-corrected chi connectivity index (χ0v) is 15.9. The van der Waals surface area contributed by atoms with Gasteiger partial charge < -0.3 is 5.32 Å². The Kier molecular flexibility index (Phi) is 6.27. The molecule has 1 aromatic carbocycles. The van der Waals surface area contributed by atoms with Crippen LogP contribution in [-0.4, -0.2) is 42.2 Å². The molecule has 0 fully saturated rings. The van der Waals surface area contributed by atoms with E-state index in [0.29, 0.717) is 0 Å². The number of rotatable bonds is 6. The van der Waals surface area contributed by atoms with Crippen molar-refractivity contribution in [2.75, 3.05) is 18.1 Å². The number of sulfone groups is 1. The molecule has 0 saturated carbocycles. The quantitative estimate of drug-likeness (QED) is 0.772. The maximum atomic E-state index is 13.3. The molecule has 0 aliphatic rings. The second-order valence-electron chi connectivity index (χ2n) is 5.92. The van der Waals surface area contributed by atoms with E-state index < -0.39 is 38.6 Å². The molecule has 0 unspecified atom stereocenters. The Bertz CT molecular complexity index is 1050. The fourth-order valence-electron chi connectivity index (χ4n) is 2.39. The van der Waals surface area contributed by atoms with E-state index >= 15 is 0 Å². The van der Waals surface area contributed by atoms with Crippen LogP contribution in [0.3, 0.4) is 0 Å². The summed E-state index contributed by atoms with van der Waals surface area (Å²) < 4.78 is 63.6. The van der Waals surface area contributed by atoms with Gasteiger partial charge in [0.1, 0.15) is 0 Å². The smallest absolute Gasteiger partial charge is 0.349 e. The first-order valence-electron chi connectivity index (χ1n) is 8.22. The lowest BCUT2D eigenvalue weighted by Crippen LogP contribution is -2.35. The van der Waals surface area contributed by atoms with Gasteiger partial charge in [0.05, 0.1) is 17.0 Å². The van der Waals surface area contributed by atoms with Gasteiger partial charge in [0.2, 0.25) is 5.43 Å². The van der Waals surface area contributed by atoms with Crippen molar-refractivity contribution in [3.05, 3.63) is 57.5 Å². The average Bonchev–Trinajstić information content (AvgIpc) is 2.61. The summed E-state index contributed by atoms with van der Waals surface area (Å²) in [7, 11) is -3.33. The number of benzene rings is 1. The van der Waals surface area contributed by atoms with Crippen molar-refractivity contribution >= 4 is 15.7 Å². The van der Waals surface area contributed by atoms with Crippen LogP contribution in [0.2, 0.25) is 0 Å². The van der Waals surface area contributed by atoms with Gasteiger partial charge in [-0.15, -0.1) is 0 Å². The Hall–Kier alpha value is -2.69. The van der Waals surface area contributed by atoms with Crippen LogP contribution < -0.4 is 10.7 Å². The van der Waals surface area contributed by atoms with Crippen molar-refractivity contribution in [2.45, 2.75) is 20.0 Å². The highest BCUT2D eigenvalue weighted by atomic mass is 32.2. The summed E-state index contributed by atoms with van der Waals surface area (Å²) in [5.74, 6) is -1.40. The predicted octanol–water partition coefficient (Wildman–Crippen LogP) is 1.72. The first-order chi connectivity index (χ1) is 13.0. The highest BCUT2D eigenvalue weighted by Crippen LogP contribution is 2.33. The minimum absolute atomic E-state index is 0.104. The van der Waals surface area contributed by atoms with Gasteiger partial charge in [-0.2, -0.15) is 18.3 Å². The zero-order chi connectivity index (χ0) is 21.1. The molecule has 0 spiro atoms. The topological polar surface area (TPSA) is 98.1 Å². The van der Waals surface area contributed by atoms with Crippen molar-refractivity contribution in [1.82, 2.24) is 15.1 Å². The monoisotopic (exact) mass is 417 g/mol. The van der Waals surface area contributed by atoms with Crippen LogP contribution in [-0.2, 0) is 16.0 Å². The van der Waals surface area contributed by atoms with Crippen LogP contribution in [0.5, 0.6) is 0 Å². The van der Waals surface area contributed by atoms with E-state index in [1.54, 1.807) is 0 Å². The molecular weight excluding hydrogens is 399 g/mol. The number of aryl methyl sites for hydroxylation is 1. The lowest BCUT2D eigenvalue weighted by Gasteiger charge is -2.16. The van der Waals surface area contributed by atoms with Gasteiger partial charge in [-0.1, -0.05) is 19.1 Å². The number of alkyl halides is 3. The lowest BCUT2D eigenvalue weighted by molar-refractivity contribution is -0.137. The van der Waals surface area contributed by atoms with Crippen LogP contribution in [0.25, 0.3) is 5.69 Å². The van der Waals surface area contributed by atoms with Crippen LogP contribution >= 0.6 is 0 Å². The molecule has 1 N–H and O–H groups in total. The molecule has 11 heteroatoms. The number of halogens is 3. The van der Waals surface area contributed by atoms with Crippen molar-refractivity contribution in [1.29, 1.82) is 0 Å². The lowest BCUT2D eigenvalue weighted by atomic mass is 10.1. The third-order valence-electron chi connectivity index (χ3n) is 3.90. The fourth-order valence-corrected chi connectivity index (χ4v) is 3.10. The first-order valence-corrected chi connectivity index (χ1v) is 10.0. The van der Waals surface area contributed by atoms with Gasteiger partial charge in [-0.05, 0) is 19.1 Å². The Balaban J connectivity index is 2.41. The second kappa shape index (κ2) is 8.13. The molecule has 0 aliphatic carbocycles. The second-order valence-corrected chi connectivity index (χ2v) is 8.39. The minimum Gasteiger partial charge on any atom is -0.349 e. The molecule has 2 aromatic rings. The van der Waals surface area contributed by atoms with Gasteiger partial charge in [0.15, 0.2) is 15.5 Å². The third-order valence-corrected chi connectivity index (χ3v) is 5.60. The van der Waals surface area contributed by atoms with E-state index in [9.17, 15) is 31.2 Å². The summed E-state index contributed by atoms with van der Waals surface area (Å²) in [5, 5.41) is 6.05. The maximum Gasteiger partial charge on any atom is 0.418 e. The average molecular weight is 417 g/mol. The van der Waals surface area contributed by atoms with Crippen LogP contribution in [0.4, 0.5) is 13.2 Å². The molecule has 0 aliphatic heterocycles. The maximum absolute atomic E-state index is 13.3. The number of nitrogens with zero attached hydrogens (tertiary/aromatic N) is 2. The van der Waals surface area contributed by atoms with E-state index in [4.69, 9.17) is 0 Å². The zero-order valence-electron chi connectivity index (χ0n) is 15.1. The van der Waals surface area contributed by atoms with E-state index in [1.165, 1.54) is 32.0 Å². The van der Waals surface area contributed by atoms with Crippen LogP contribution in [0.15, 0.2) is 35.1 Å². The molecule has 1 aromatic heterocycles. The van der Waals surface area contributed by atoms with Crippen molar-refractivity contribution < 1.29 is 26.4 Å². The summed E-state index contributed by atoms with van der Waals surface area (Å²) in [6.45, 7) is 2.59. The molecule has 0 bridgehead atoms. The van der Waals surface area contributed by atoms with Crippen LogP contribution in [0, 0.1) is 6.92 Å². The number of aromatic nitrogens is 2. The Morgan fingerprint density at radius 3 is 2.50 bits per heavy atom. The molecule has 152 valence electrons. The Labute approximate surface area is 159 Å². The van der Waals surface area contributed by atoms with E-state index in [-0.39, 0.29) is 29.4 Å². The summed E-state index contributed by atoms with van der Waals surface area (Å²) in [4.78, 5) is 24.3. The number of hydrogen-bond acceptors (Lipinski definition) is 5. The normalized spacial score (nSPS) is 12.0. The van der Waals surface area contributed by atoms with E-state index in [2.05, 4.69) is 10.4 Å². The van der Waals surface area contributed by atoms with E-state index in [0.717, 1.165) is 16.8 Å². The molecule has 1 heterocycles. The van der Waals surface area contributed by atoms with Gasteiger partial charge in [-0.25, -0.2) is 13.1 Å². The first kappa shape index (κ1) is 21.6. The molecule has 28 heavy (non-hydrogen) atoms. The Morgan fingerprint density at radius 2 is 1.89 bits per heavy atom. The van der Waals surface area contributed by atoms with Crippen LogP contribution in [0.1, 0.15) is 28.7 Å². The van der Waals surface area contributed by atoms with Gasteiger partial charge in [0.25, 0.3) is 5.91 Å². The summed E-state index contributed by atoms with van der Waals surface area (Å²) in [6.07, 6.45) is -4.66. The molecule has 0 radical (unpaired) electrons. The molecule has 7 nitrogen and oxygen atoms in total. The molecule has 1 amide bonds. The standard InChI is InChI=1S/C17H18F3N3O4S/c1-3-28(26,27)9-8-21-16(25)15-14(24)10-11(2)23(22-15)13-7-5-4-6-12(13)17(18,19)20/h4-7,10H,3,8-9H2,1-2H3,(H,21,25). The fraction of sp³-hybridized carbons (Fsp3) is 0.353. The van der Waals surface area contributed by atoms with Gasteiger partial charge in [0, 0.05) is 24.1 Å².